The van der Waals surface area contributed by atoms with E-state index in [4.69, 9.17) is 4.74 Å². The molecule has 4 nitrogen and oxygen atoms in total. The number of rotatable bonds is 5. The molecule has 0 unspecified atom stereocenters. The summed E-state index contributed by atoms with van der Waals surface area (Å²) in [7, 11) is -5.09. The van der Waals surface area contributed by atoms with Gasteiger partial charge in [0.05, 0.1) is 7.11 Å². The van der Waals surface area contributed by atoms with E-state index < -0.39 is 34.3 Å². The first-order valence-electron chi connectivity index (χ1n) is 5.43. The molecule has 0 heterocycles. The van der Waals surface area contributed by atoms with Crippen LogP contribution in [0.1, 0.15) is 5.56 Å². The first-order valence-corrected chi connectivity index (χ1v) is 6.84. The highest BCUT2D eigenvalue weighted by atomic mass is 32.2. The zero-order valence-electron chi connectivity index (χ0n) is 10.8. The molecule has 1 rings (SSSR count). The van der Waals surface area contributed by atoms with Crippen molar-refractivity contribution in [3.8, 4) is 5.75 Å². The molecule has 124 valence electrons. The maximum atomic E-state index is 12.7. The normalized spacial score (nSPS) is 13.0. The van der Waals surface area contributed by atoms with Crippen LogP contribution < -0.4 is 4.74 Å². The Balaban J connectivity index is 3.00. The minimum absolute atomic E-state index is 0.106. The van der Waals surface area contributed by atoms with Gasteiger partial charge in [0.25, 0.3) is 0 Å². The molecule has 1 aromatic carbocycles. The van der Waals surface area contributed by atoms with Crippen molar-refractivity contribution in [1.29, 1.82) is 0 Å². The number of alkyl halides is 6. The van der Waals surface area contributed by atoms with Gasteiger partial charge in [-0.05, 0) is 16.3 Å². The number of hydrogen-bond acceptors (Lipinski definition) is 4. The van der Waals surface area contributed by atoms with Gasteiger partial charge in [-0.25, -0.2) is 0 Å². The Morgan fingerprint density at radius 2 is 1.55 bits per heavy atom. The molecule has 0 saturated carbocycles. The zero-order valence-corrected chi connectivity index (χ0v) is 11.6. The van der Waals surface area contributed by atoms with Crippen molar-refractivity contribution in [2.45, 2.75) is 18.1 Å². The lowest BCUT2D eigenvalue weighted by Gasteiger charge is -2.10. The van der Waals surface area contributed by atoms with Crippen LogP contribution in [-0.2, 0) is 20.7 Å². The Kier molecular flexibility index (Phi) is 5.23. The van der Waals surface area contributed by atoms with Gasteiger partial charge < -0.3 is 4.74 Å². The topological polar surface area (TPSA) is 52.6 Å². The smallest absolute Gasteiger partial charge is 0.497 e. The first kappa shape index (κ1) is 18.4. The number of ether oxygens (including phenoxy) is 1. The maximum absolute atomic E-state index is 12.7. The van der Waals surface area contributed by atoms with Crippen LogP contribution in [-0.4, -0.2) is 27.2 Å². The van der Waals surface area contributed by atoms with Crippen LogP contribution in [0.4, 0.5) is 26.3 Å². The van der Waals surface area contributed by atoms with Crippen molar-refractivity contribution in [2.24, 2.45) is 0 Å². The zero-order chi connectivity index (χ0) is 17.2. The second-order valence-electron chi connectivity index (χ2n) is 3.93. The molecular weight excluding hydrogens is 342 g/mol. The molecule has 0 aliphatic rings. The molecule has 1 aromatic rings. The first-order chi connectivity index (χ1) is 9.87. The largest absolute Gasteiger partial charge is 0.588 e. The minimum Gasteiger partial charge on any atom is -0.497 e. The molecule has 11 heteroatoms. The predicted octanol–water partition coefficient (Wildman–Crippen LogP) is 3.20. The Morgan fingerprint density at radius 3 is 1.91 bits per heavy atom. The van der Waals surface area contributed by atoms with E-state index >= 15 is 0 Å². The predicted molar refractivity (Wildman–Crippen MR) is 62.1 cm³/mol. The van der Waals surface area contributed by atoms with Crippen molar-refractivity contribution in [1.82, 2.24) is 0 Å². The number of hydrogen-bond donors (Lipinski definition) is 0. The standard InChI is InChI=1S/C11H9F6O4S/c1-20-8-4-2-7(3-5-8)6-9(10(12,13)14)21-22(18,19)11(15,16)17/h2-5H,6H2,1H3/q+1. The summed E-state index contributed by atoms with van der Waals surface area (Å²) in [4.78, 5) is 0. The summed E-state index contributed by atoms with van der Waals surface area (Å²) in [5, 5.41) is 0. The second kappa shape index (κ2) is 6.24. The van der Waals surface area contributed by atoms with Gasteiger partial charge in [-0.3, -0.25) is 0 Å². The third-order valence-corrected chi connectivity index (χ3v) is 3.32. The van der Waals surface area contributed by atoms with Gasteiger partial charge in [-0.15, -0.1) is 13.2 Å². The summed E-state index contributed by atoms with van der Waals surface area (Å²) in [6.07, 6.45) is -8.74. The van der Waals surface area contributed by atoms with Crippen LogP contribution in [0.2, 0.25) is 0 Å². The van der Waals surface area contributed by atoms with E-state index in [-0.39, 0.29) is 5.56 Å². The summed E-state index contributed by atoms with van der Waals surface area (Å²) in [5.41, 5.74) is -6.06. The summed E-state index contributed by atoms with van der Waals surface area (Å²) >= 11 is 0. The molecule has 0 aromatic heterocycles. The molecule has 0 fully saturated rings. The van der Waals surface area contributed by atoms with E-state index in [1.165, 1.54) is 19.2 Å². The third kappa shape index (κ3) is 4.70. The highest BCUT2D eigenvalue weighted by Crippen LogP contribution is 2.37. The van der Waals surface area contributed by atoms with Crippen molar-refractivity contribution >= 4 is 10.1 Å². The fraction of sp³-hybridized carbons (Fsp3) is 0.364. The van der Waals surface area contributed by atoms with Crippen LogP contribution in [0, 0.1) is 6.10 Å². The monoisotopic (exact) mass is 351 g/mol. The van der Waals surface area contributed by atoms with E-state index in [0.717, 1.165) is 12.1 Å². The maximum Gasteiger partial charge on any atom is 0.588 e. The number of benzene rings is 1. The van der Waals surface area contributed by atoms with Gasteiger partial charge in [-0.1, -0.05) is 12.1 Å². The molecule has 0 saturated heterocycles. The lowest BCUT2D eigenvalue weighted by Crippen LogP contribution is -2.34. The summed E-state index contributed by atoms with van der Waals surface area (Å²) in [6.45, 7) is 0. The highest BCUT2D eigenvalue weighted by Gasteiger charge is 2.63. The third-order valence-electron chi connectivity index (χ3n) is 2.33. The quantitative estimate of drug-likeness (QED) is 0.354. The molecule has 0 bridgehead atoms. The van der Waals surface area contributed by atoms with Gasteiger partial charge in [-0.2, -0.15) is 21.6 Å². The Bertz CT molecular complexity index is 590. The van der Waals surface area contributed by atoms with Crippen molar-refractivity contribution in [2.75, 3.05) is 7.11 Å². The van der Waals surface area contributed by atoms with Crippen molar-refractivity contribution in [3.63, 3.8) is 0 Å². The molecule has 0 atom stereocenters. The fourth-order valence-electron chi connectivity index (χ4n) is 1.29. The fourth-order valence-corrected chi connectivity index (χ4v) is 1.80. The highest BCUT2D eigenvalue weighted by molar-refractivity contribution is 7.87. The summed E-state index contributed by atoms with van der Waals surface area (Å²) in [6, 6.07) is 4.80. The van der Waals surface area contributed by atoms with E-state index in [2.05, 4.69) is 4.18 Å². The minimum atomic E-state index is -6.39. The molecule has 0 aliphatic heterocycles. The van der Waals surface area contributed by atoms with Crippen molar-refractivity contribution < 1.29 is 43.7 Å². The molecular formula is C11H9F6O4S+. The van der Waals surface area contributed by atoms with Crippen molar-refractivity contribution in [3.05, 3.63) is 35.9 Å². The van der Waals surface area contributed by atoms with E-state index in [1.54, 1.807) is 0 Å². The van der Waals surface area contributed by atoms with Gasteiger partial charge >= 0.3 is 27.9 Å². The van der Waals surface area contributed by atoms with Gasteiger partial charge in [0.1, 0.15) is 5.75 Å². The van der Waals surface area contributed by atoms with E-state index in [9.17, 15) is 34.8 Å². The Labute approximate surface area is 121 Å². The van der Waals surface area contributed by atoms with E-state index in [0.29, 0.717) is 5.75 Å². The molecule has 0 amide bonds. The number of methoxy groups -OCH3 is 1. The Hall–Kier alpha value is -1.62. The average molecular weight is 351 g/mol. The van der Waals surface area contributed by atoms with Gasteiger partial charge in [0, 0.05) is 5.56 Å². The molecule has 0 radical (unpaired) electrons. The van der Waals surface area contributed by atoms with Crippen LogP contribution in [0.3, 0.4) is 0 Å². The number of halogens is 6. The summed E-state index contributed by atoms with van der Waals surface area (Å²) < 4.78 is 104. The molecule has 0 N–H and O–H groups in total. The van der Waals surface area contributed by atoms with Gasteiger partial charge in [0.15, 0.2) is 6.42 Å². The molecule has 0 spiro atoms. The lowest BCUT2D eigenvalue weighted by atomic mass is 10.1. The van der Waals surface area contributed by atoms with Crippen LogP contribution >= 0.6 is 0 Å². The van der Waals surface area contributed by atoms with Crippen LogP contribution in [0.5, 0.6) is 5.75 Å². The average Bonchev–Trinajstić information content (AvgIpc) is 2.36. The molecule has 0 aliphatic carbocycles. The summed E-state index contributed by atoms with van der Waals surface area (Å²) in [5.74, 6) is 0.307. The van der Waals surface area contributed by atoms with Crippen LogP contribution in [0.25, 0.3) is 0 Å². The second-order valence-corrected chi connectivity index (χ2v) is 5.47. The van der Waals surface area contributed by atoms with Crippen LogP contribution in [0.15, 0.2) is 24.3 Å². The lowest BCUT2D eigenvalue weighted by molar-refractivity contribution is -0.151. The SMILES string of the molecule is COc1ccc(C[C+](OS(=O)(=O)C(F)(F)F)C(F)(F)F)cc1. The Morgan fingerprint density at radius 1 is 1.05 bits per heavy atom. The molecule has 22 heavy (non-hydrogen) atoms. The van der Waals surface area contributed by atoms with E-state index in [1.807, 2.05) is 0 Å². The van der Waals surface area contributed by atoms with Gasteiger partial charge in [0.2, 0.25) is 0 Å².